The second-order valence-electron chi connectivity index (χ2n) is 2.99. The van der Waals surface area contributed by atoms with Crippen molar-refractivity contribution < 1.29 is 4.79 Å². The molecule has 0 saturated carbocycles. The number of hydrogen-bond donors (Lipinski definition) is 0. The van der Waals surface area contributed by atoms with Crippen LogP contribution in [0.1, 0.15) is 23.0 Å². The Bertz CT molecular complexity index is 301. The minimum absolute atomic E-state index is 0.0210. The molecule has 1 unspecified atom stereocenters. The molecular weight excluding hydrogens is 174 g/mol. The number of rotatable bonds is 2. The van der Waals surface area contributed by atoms with Gasteiger partial charge in [-0.1, -0.05) is 0 Å². The number of ketones is 1. The van der Waals surface area contributed by atoms with Crippen LogP contribution in [0.15, 0.2) is 12.3 Å². The first-order chi connectivity index (χ1) is 5.52. The zero-order valence-electron chi connectivity index (χ0n) is 7.47. The molecule has 1 aromatic rings. The van der Waals surface area contributed by atoms with Crippen LogP contribution in [0.2, 0.25) is 0 Å². The van der Waals surface area contributed by atoms with Crippen LogP contribution in [-0.2, 0) is 7.05 Å². The summed E-state index contributed by atoms with van der Waals surface area (Å²) < 4.78 is 1.80. The van der Waals surface area contributed by atoms with Crippen molar-refractivity contribution in [1.82, 2.24) is 4.57 Å². The molecule has 0 aliphatic carbocycles. The maximum atomic E-state index is 11.4. The van der Waals surface area contributed by atoms with E-state index in [1.54, 1.807) is 11.5 Å². The van der Waals surface area contributed by atoms with Gasteiger partial charge < -0.3 is 4.57 Å². The van der Waals surface area contributed by atoms with Crippen LogP contribution in [0, 0.1) is 6.92 Å². The molecule has 0 aliphatic rings. The van der Waals surface area contributed by atoms with E-state index in [0.29, 0.717) is 5.69 Å². The van der Waals surface area contributed by atoms with Gasteiger partial charge in [0.15, 0.2) is 5.78 Å². The van der Waals surface area contributed by atoms with Crippen molar-refractivity contribution in [2.24, 2.45) is 7.05 Å². The molecule has 2 nitrogen and oxygen atoms in total. The molecule has 0 radical (unpaired) electrons. The number of halogens is 1. The lowest BCUT2D eigenvalue weighted by atomic mass is 10.2. The minimum Gasteiger partial charge on any atom is -0.348 e. The Hall–Kier alpha value is -0.760. The van der Waals surface area contributed by atoms with Crippen LogP contribution in [0.25, 0.3) is 0 Å². The molecule has 12 heavy (non-hydrogen) atoms. The SMILES string of the molecule is Cc1cc(C(=O)C(C)Cl)n(C)c1. The second-order valence-corrected chi connectivity index (χ2v) is 3.65. The van der Waals surface area contributed by atoms with Crippen LogP contribution < -0.4 is 0 Å². The monoisotopic (exact) mass is 185 g/mol. The number of alkyl halides is 1. The quantitative estimate of drug-likeness (QED) is 0.511. The highest BCUT2D eigenvalue weighted by Crippen LogP contribution is 2.11. The smallest absolute Gasteiger partial charge is 0.196 e. The molecule has 0 amide bonds. The normalized spacial score (nSPS) is 13.0. The van der Waals surface area contributed by atoms with E-state index in [4.69, 9.17) is 11.6 Å². The molecule has 0 saturated heterocycles. The zero-order valence-corrected chi connectivity index (χ0v) is 8.22. The van der Waals surface area contributed by atoms with Gasteiger partial charge in [0, 0.05) is 13.2 Å². The van der Waals surface area contributed by atoms with E-state index >= 15 is 0 Å². The van der Waals surface area contributed by atoms with Gasteiger partial charge in [-0.2, -0.15) is 0 Å². The maximum Gasteiger partial charge on any atom is 0.196 e. The van der Waals surface area contributed by atoms with Crippen molar-refractivity contribution in [3.63, 3.8) is 0 Å². The number of Topliss-reactive ketones (excluding diaryl/α,β-unsaturated/α-hetero) is 1. The van der Waals surface area contributed by atoms with E-state index in [0.717, 1.165) is 5.56 Å². The highest BCUT2D eigenvalue weighted by Gasteiger charge is 2.15. The van der Waals surface area contributed by atoms with Crippen molar-refractivity contribution in [2.75, 3.05) is 0 Å². The molecule has 0 N–H and O–H groups in total. The second kappa shape index (κ2) is 3.31. The topological polar surface area (TPSA) is 22.0 Å². The fraction of sp³-hybridized carbons (Fsp3) is 0.444. The first-order valence-corrected chi connectivity index (χ1v) is 4.27. The number of carbonyl (C=O) groups is 1. The number of aromatic nitrogens is 1. The van der Waals surface area contributed by atoms with Gasteiger partial charge in [-0.15, -0.1) is 11.6 Å². The Morgan fingerprint density at radius 2 is 2.25 bits per heavy atom. The van der Waals surface area contributed by atoms with Crippen molar-refractivity contribution in [1.29, 1.82) is 0 Å². The average Bonchev–Trinajstić information content (AvgIpc) is 2.28. The number of carbonyl (C=O) groups excluding carboxylic acids is 1. The third-order valence-electron chi connectivity index (χ3n) is 1.76. The predicted octanol–water partition coefficient (Wildman–Crippen LogP) is 2.14. The van der Waals surface area contributed by atoms with E-state index in [9.17, 15) is 4.79 Å². The van der Waals surface area contributed by atoms with Gasteiger partial charge in [0.1, 0.15) is 0 Å². The fourth-order valence-electron chi connectivity index (χ4n) is 1.18. The van der Waals surface area contributed by atoms with Gasteiger partial charge in [-0.05, 0) is 25.5 Å². The summed E-state index contributed by atoms with van der Waals surface area (Å²) in [6, 6.07) is 1.85. The maximum absolute atomic E-state index is 11.4. The van der Waals surface area contributed by atoms with Crippen LogP contribution in [-0.4, -0.2) is 15.7 Å². The summed E-state index contributed by atoms with van der Waals surface area (Å²) in [5, 5.41) is -0.446. The molecular formula is C9H12ClNO. The Kier molecular flexibility index (Phi) is 2.58. The van der Waals surface area contributed by atoms with Crippen LogP contribution in [0.4, 0.5) is 0 Å². The van der Waals surface area contributed by atoms with Crippen LogP contribution in [0.5, 0.6) is 0 Å². The van der Waals surface area contributed by atoms with Crippen molar-refractivity contribution in [3.05, 3.63) is 23.5 Å². The van der Waals surface area contributed by atoms with Crippen molar-refractivity contribution in [3.8, 4) is 0 Å². The van der Waals surface area contributed by atoms with Gasteiger partial charge >= 0.3 is 0 Å². The summed E-state index contributed by atoms with van der Waals surface area (Å²) in [5.41, 5.74) is 1.76. The summed E-state index contributed by atoms with van der Waals surface area (Å²) in [6.45, 7) is 3.64. The fourth-order valence-corrected chi connectivity index (χ4v) is 1.29. The molecule has 1 atom stereocenters. The molecule has 1 aromatic heterocycles. The molecule has 3 heteroatoms. The van der Waals surface area contributed by atoms with Crippen molar-refractivity contribution in [2.45, 2.75) is 19.2 Å². The van der Waals surface area contributed by atoms with E-state index in [1.807, 2.05) is 26.2 Å². The average molecular weight is 186 g/mol. The summed E-state index contributed by atoms with van der Waals surface area (Å²) in [4.78, 5) is 11.4. The Morgan fingerprint density at radius 1 is 1.67 bits per heavy atom. The van der Waals surface area contributed by atoms with Gasteiger partial charge in [0.2, 0.25) is 0 Å². The van der Waals surface area contributed by atoms with Gasteiger partial charge in [0.25, 0.3) is 0 Å². The molecule has 1 rings (SSSR count). The standard InChI is InChI=1S/C9H12ClNO/c1-6-4-8(11(3)5-6)9(12)7(2)10/h4-5,7H,1-3H3. The van der Waals surface area contributed by atoms with Gasteiger partial charge in [-0.25, -0.2) is 0 Å². The summed E-state index contributed by atoms with van der Waals surface area (Å²) >= 11 is 5.68. The summed E-state index contributed by atoms with van der Waals surface area (Å²) in [6.07, 6.45) is 1.91. The third kappa shape index (κ3) is 1.69. The molecule has 0 spiro atoms. The third-order valence-corrected chi connectivity index (χ3v) is 1.95. The lowest BCUT2D eigenvalue weighted by Crippen LogP contribution is -2.13. The largest absolute Gasteiger partial charge is 0.348 e. The highest BCUT2D eigenvalue weighted by atomic mass is 35.5. The van der Waals surface area contributed by atoms with E-state index in [2.05, 4.69) is 0 Å². The molecule has 66 valence electrons. The lowest BCUT2D eigenvalue weighted by molar-refractivity contribution is 0.0984. The van der Waals surface area contributed by atoms with E-state index in [-0.39, 0.29) is 5.78 Å². The Labute approximate surface area is 77.1 Å². The molecule has 0 aromatic carbocycles. The Morgan fingerprint density at radius 3 is 2.58 bits per heavy atom. The predicted molar refractivity (Wildman–Crippen MR) is 49.8 cm³/mol. The van der Waals surface area contributed by atoms with Crippen molar-refractivity contribution >= 4 is 17.4 Å². The van der Waals surface area contributed by atoms with Crippen LogP contribution >= 0.6 is 11.6 Å². The molecule has 0 bridgehead atoms. The molecule has 0 aliphatic heterocycles. The lowest BCUT2D eigenvalue weighted by Gasteiger charge is -2.02. The summed E-state index contributed by atoms with van der Waals surface area (Å²) in [7, 11) is 1.85. The van der Waals surface area contributed by atoms with E-state index < -0.39 is 5.38 Å². The minimum atomic E-state index is -0.446. The highest BCUT2D eigenvalue weighted by molar-refractivity contribution is 6.33. The summed E-state index contributed by atoms with van der Waals surface area (Å²) in [5.74, 6) is -0.0210. The zero-order chi connectivity index (χ0) is 9.30. The first-order valence-electron chi connectivity index (χ1n) is 3.83. The van der Waals surface area contributed by atoms with Gasteiger partial charge in [-0.3, -0.25) is 4.79 Å². The van der Waals surface area contributed by atoms with Crippen LogP contribution in [0.3, 0.4) is 0 Å². The van der Waals surface area contributed by atoms with E-state index in [1.165, 1.54) is 0 Å². The number of nitrogens with zero attached hydrogens (tertiary/aromatic N) is 1. The number of hydrogen-bond acceptors (Lipinski definition) is 1. The number of aryl methyl sites for hydroxylation is 2. The molecule has 0 fully saturated rings. The molecule has 1 heterocycles. The van der Waals surface area contributed by atoms with Gasteiger partial charge in [0.05, 0.1) is 11.1 Å². The Balaban J connectivity index is 3.02. The first kappa shape index (κ1) is 9.33.